The number of imidazole rings is 1. The van der Waals surface area contributed by atoms with E-state index < -0.39 is 0 Å². The smallest absolute Gasteiger partial charge is 0.323 e. The van der Waals surface area contributed by atoms with Gasteiger partial charge in [-0.25, -0.2) is 10.8 Å². The summed E-state index contributed by atoms with van der Waals surface area (Å²) in [6, 6.07) is 0.324. The minimum atomic E-state index is -0.0331. The SMILES string of the molecule is CC(Cn1ccnc1)Nc1nc(NN)nc(OC(C)C)n1. The van der Waals surface area contributed by atoms with Crippen LogP contribution in [0.2, 0.25) is 0 Å². The van der Waals surface area contributed by atoms with Gasteiger partial charge in [0.15, 0.2) is 0 Å². The summed E-state index contributed by atoms with van der Waals surface area (Å²) in [4.78, 5) is 16.4. The Morgan fingerprint density at radius 1 is 1.24 bits per heavy atom. The zero-order valence-corrected chi connectivity index (χ0v) is 12.3. The van der Waals surface area contributed by atoms with Crippen molar-refractivity contribution in [3.8, 4) is 6.01 Å². The van der Waals surface area contributed by atoms with Gasteiger partial charge in [-0.2, -0.15) is 15.0 Å². The van der Waals surface area contributed by atoms with E-state index >= 15 is 0 Å². The molecule has 0 amide bonds. The highest BCUT2D eigenvalue weighted by Crippen LogP contribution is 2.13. The maximum Gasteiger partial charge on any atom is 0.323 e. The second-order valence-corrected chi connectivity index (χ2v) is 4.88. The largest absolute Gasteiger partial charge is 0.461 e. The predicted molar refractivity (Wildman–Crippen MR) is 78.7 cm³/mol. The lowest BCUT2D eigenvalue weighted by Gasteiger charge is -2.15. The lowest BCUT2D eigenvalue weighted by atomic mass is 10.3. The topological polar surface area (TPSA) is 116 Å². The third-order valence-corrected chi connectivity index (χ3v) is 2.50. The van der Waals surface area contributed by atoms with Crippen LogP contribution in [0.1, 0.15) is 20.8 Å². The molecule has 0 saturated heterocycles. The number of rotatable bonds is 7. The third-order valence-electron chi connectivity index (χ3n) is 2.50. The van der Waals surface area contributed by atoms with Crippen molar-refractivity contribution in [1.29, 1.82) is 0 Å². The second kappa shape index (κ2) is 6.84. The average molecular weight is 292 g/mol. The first-order valence-corrected chi connectivity index (χ1v) is 6.68. The molecule has 1 unspecified atom stereocenters. The summed E-state index contributed by atoms with van der Waals surface area (Å²) < 4.78 is 7.44. The Balaban J connectivity index is 2.07. The van der Waals surface area contributed by atoms with Crippen LogP contribution < -0.4 is 21.3 Å². The monoisotopic (exact) mass is 292 g/mol. The van der Waals surface area contributed by atoms with Gasteiger partial charge in [0.2, 0.25) is 11.9 Å². The van der Waals surface area contributed by atoms with E-state index in [4.69, 9.17) is 10.6 Å². The van der Waals surface area contributed by atoms with Crippen molar-refractivity contribution in [2.24, 2.45) is 5.84 Å². The van der Waals surface area contributed by atoms with E-state index in [9.17, 15) is 0 Å². The summed E-state index contributed by atoms with van der Waals surface area (Å²) in [5.74, 6) is 6.01. The van der Waals surface area contributed by atoms with Crippen molar-refractivity contribution in [3.05, 3.63) is 18.7 Å². The lowest BCUT2D eigenvalue weighted by molar-refractivity contribution is 0.222. The molecule has 0 radical (unpaired) electrons. The molecule has 0 aliphatic heterocycles. The Labute approximate surface area is 122 Å². The molecule has 4 N–H and O–H groups in total. The molecular formula is C12H20N8O. The van der Waals surface area contributed by atoms with Gasteiger partial charge < -0.3 is 14.6 Å². The fourth-order valence-corrected chi connectivity index (χ4v) is 1.73. The number of aromatic nitrogens is 5. The number of nitrogens with two attached hydrogens (primary N) is 1. The molecule has 21 heavy (non-hydrogen) atoms. The third kappa shape index (κ3) is 4.56. The Morgan fingerprint density at radius 2 is 2.00 bits per heavy atom. The van der Waals surface area contributed by atoms with E-state index in [2.05, 4.69) is 30.7 Å². The van der Waals surface area contributed by atoms with E-state index in [0.29, 0.717) is 5.95 Å². The van der Waals surface area contributed by atoms with Crippen LogP contribution in [0.4, 0.5) is 11.9 Å². The van der Waals surface area contributed by atoms with Crippen LogP contribution in [-0.2, 0) is 6.54 Å². The number of hydrogen-bond acceptors (Lipinski definition) is 8. The fourth-order valence-electron chi connectivity index (χ4n) is 1.73. The Kier molecular flexibility index (Phi) is 4.88. The van der Waals surface area contributed by atoms with Crippen LogP contribution in [-0.4, -0.2) is 36.6 Å². The minimum absolute atomic E-state index is 0.0331. The molecule has 0 aliphatic carbocycles. The van der Waals surface area contributed by atoms with Crippen molar-refractivity contribution < 1.29 is 4.74 Å². The van der Waals surface area contributed by atoms with E-state index in [1.54, 1.807) is 12.5 Å². The summed E-state index contributed by atoms with van der Waals surface area (Å²) in [6.45, 7) is 6.54. The molecule has 2 aromatic rings. The number of nitrogens with one attached hydrogen (secondary N) is 2. The molecule has 2 heterocycles. The van der Waals surface area contributed by atoms with Crippen LogP contribution in [0.3, 0.4) is 0 Å². The normalized spacial score (nSPS) is 12.2. The van der Waals surface area contributed by atoms with Gasteiger partial charge in [0.05, 0.1) is 12.4 Å². The minimum Gasteiger partial charge on any atom is -0.461 e. The average Bonchev–Trinajstić information content (AvgIpc) is 2.90. The van der Waals surface area contributed by atoms with Crippen molar-refractivity contribution in [1.82, 2.24) is 24.5 Å². The highest BCUT2D eigenvalue weighted by molar-refractivity contribution is 5.35. The molecule has 0 bridgehead atoms. The first kappa shape index (κ1) is 15.0. The van der Waals surface area contributed by atoms with E-state index in [0.717, 1.165) is 6.54 Å². The van der Waals surface area contributed by atoms with Crippen LogP contribution >= 0.6 is 0 Å². The molecule has 2 rings (SSSR count). The number of ether oxygens (including phenoxy) is 1. The molecule has 0 aliphatic rings. The first-order valence-electron chi connectivity index (χ1n) is 6.68. The van der Waals surface area contributed by atoms with Crippen LogP contribution in [0.15, 0.2) is 18.7 Å². The van der Waals surface area contributed by atoms with E-state index in [1.165, 1.54) is 0 Å². The Bertz CT molecular complexity index is 556. The predicted octanol–water partition coefficient (Wildman–Crippen LogP) is 0.641. The van der Waals surface area contributed by atoms with Gasteiger partial charge in [-0.1, -0.05) is 0 Å². The quantitative estimate of drug-likeness (QED) is 0.503. The second-order valence-electron chi connectivity index (χ2n) is 4.88. The summed E-state index contributed by atoms with van der Waals surface area (Å²) in [6.07, 6.45) is 5.35. The molecule has 2 aromatic heterocycles. The maximum absolute atomic E-state index is 5.47. The van der Waals surface area contributed by atoms with Gasteiger partial charge in [-0.05, 0) is 20.8 Å². The van der Waals surface area contributed by atoms with Gasteiger partial charge in [-0.3, -0.25) is 5.43 Å². The summed E-state index contributed by atoms with van der Waals surface area (Å²) in [5, 5.41) is 3.18. The first-order chi connectivity index (χ1) is 10.1. The highest BCUT2D eigenvalue weighted by atomic mass is 16.5. The summed E-state index contributed by atoms with van der Waals surface area (Å²) >= 11 is 0. The Hall–Kier alpha value is -2.42. The van der Waals surface area contributed by atoms with Crippen LogP contribution in [0, 0.1) is 0 Å². The number of anilines is 2. The fraction of sp³-hybridized carbons (Fsp3) is 0.500. The Morgan fingerprint density at radius 3 is 2.62 bits per heavy atom. The molecule has 0 saturated carbocycles. The maximum atomic E-state index is 5.47. The van der Waals surface area contributed by atoms with Gasteiger partial charge in [0.25, 0.3) is 0 Å². The molecule has 0 fully saturated rings. The zero-order chi connectivity index (χ0) is 15.2. The van der Waals surface area contributed by atoms with Crippen molar-refractivity contribution in [3.63, 3.8) is 0 Å². The van der Waals surface area contributed by atoms with Gasteiger partial charge in [0.1, 0.15) is 0 Å². The number of hydrogen-bond donors (Lipinski definition) is 3. The van der Waals surface area contributed by atoms with Crippen LogP contribution in [0.25, 0.3) is 0 Å². The molecule has 114 valence electrons. The van der Waals surface area contributed by atoms with Gasteiger partial charge in [0, 0.05) is 25.0 Å². The molecule has 9 nitrogen and oxygen atoms in total. The van der Waals surface area contributed by atoms with Crippen LogP contribution in [0.5, 0.6) is 6.01 Å². The van der Waals surface area contributed by atoms with E-state index in [1.807, 2.05) is 31.5 Å². The number of nitrogen functional groups attached to an aromatic ring is 1. The summed E-state index contributed by atoms with van der Waals surface area (Å²) in [7, 11) is 0. The zero-order valence-electron chi connectivity index (χ0n) is 12.3. The standard InChI is InChI=1S/C12H20N8O/c1-8(2)21-12-17-10(16-11(18-12)19-13)15-9(3)6-20-5-4-14-7-20/h4-5,7-9H,6,13H2,1-3H3,(H2,15,16,17,18,19). The molecule has 0 spiro atoms. The molecular weight excluding hydrogens is 272 g/mol. The van der Waals surface area contributed by atoms with E-state index in [-0.39, 0.29) is 24.1 Å². The lowest BCUT2D eigenvalue weighted by Crippen LogP contribution is -2.24. The molecule has 1 atom stereocenters. The summed E-state index contributed by atoms with van der Waals surface area (Å²) in [5.41, 5.74) is 2.40. The van der Waals surface area contributed by atoms with Gasteiger partial charge >= 0.3 is 6.01 Å². The molecule has 9 heteroatoms. The molecule has 0 aromatic carbocycles. The van der Waals surface area contributed by atoms with Crippen molar-refractivity contribution in [2.45, 2.75) is 39.5 Å². The van der Waals surface area contributed by atoms with Crippen molar-refractivity contribution in [2.75, 3.05) is 10.7 Å². The van der Waals surface area contributed by atoms with Gasteiger partial charge in [-0.15, -0.1) is 0 Å². The van der Waals surface area contributed by atoms with Crippen molar-refractivity contribution >= 4 is 11.9 Å². The number of hydrazine groups is 1. The highest BCUT2D eigenvalue weighted by Gasteiger charge is 2.11. The number of nitrogens with zero attached hydrogens (tertiary/aromatic N) is 5.